The normalized spacial score (nSPS) is 14.4. The van der Waals surface area contributed by atoms with Gasteiger partial charge in [-0.25, -0.2) is 0 Å². The highest BCUT2D eigenvalue weighted by Crippen LogP contribution is 2.51. The molecule has 0 spiro atoms. The Hall–Kier alpha value is -6.04. The topological polar surface area (TPSA) is 9.72 Å². The van der Waals surface area contributed by atoms with E-state index in [1.165, 1.54) is 88.6 Å². The minimum absolute atomic E-state index is 0.118. The number of nitrogens with zero attached hydrogens (tertiary/aromatic N) is 3. The van der Waals surface area contributed by atoms with Crippen molar-refractivity contribution in [1.82, 2.24) is 0 Å². The molecule has 0 amide bonds. The molecule has 1 aromatic heterocycles. The molecule has 0 saturated heterocycles. The van der Waals surface area contributed by atoms with E-state index in [1.807, 2.05) is 11.3 Å². The Morgan fingerprint density at radius 3 is 1.75 bits per heavy atom. The van der Waals surface area contributed by atoms with Gasteiger partial charge in [0.05, 0.1) is 11.4 Å². The van der Waals surface area contributed by atoms with Gasteiger partial charge in [-0.1, -0.05) is 84.9 Å². The lowest BCUT2D eigenvalue weighted by molar-refractivity contribution is 0.837. The zero-order chi connectivity index (χ0) is 34.6. The SMILES string of the molecule is c1ccc(N(c2ccccc2)c2cc3c4c(c2)N(c2ccccc2)c2c(sc5ccccc25)B4c2cc4c(cc2N3c2ccc3c(c2)CC3)CC4)cc1. The molecule has 3 heterocycles. The van der Waals surface area contributed by atoms with Gasteiger partial charge in [0, 0.05) is 54.7 Å². The van der Waals surface area contributed by atoms with E-state index in [-0.39, 0.29) is 6.71 Å². The zero-order valence-corrected chi connectivity index (χ0v) is 30.0. The quantitative estimate of drug-likeness (QED) is 0.166. The molecule has 0 unspecified atom stereocenters. The summed E-state index contributed by atoms with van der Waals surface area (Å²) in [6, 6.07) is 59.0. The molecule has 0 N–H and O–H groups in total. The maximum absolute atomic E-state index is 2.61. The first kappa shape index (κ1) is 29.5. The molecule has 0 fully saturated rings. The summed E-state index contributed by atoms with van der Waals surface area (Å²) in [6.07, 6.45) is 4.63. The molecule has 5 heteroatoms. The van der Waals surface area contributed by atoms with Crippen LogP contribution in [0.3, 0.4) is 0 Å². The molecule has 3 nitrogen and oxygen atoms in total. The third kappa shape index (κ3) is 4.29. The van der Waals surface area contributed by atoms with Gasteiger partial charge in [-0.15, -0.1) is 11.3 Å². The highest BCUT2D eigenvalue weighted by Gasteiger charge is 2.46. The Labute approximate surface area is 314 Å². The van der Waals surface area contributed by atoms with Gasteiger partial charge in [0.25, 0.3) is 6.71 Å². The number of thiophene rings is 1. The summed E-state index contributed by atoms with van der Waals surface area (Å²) in [4.78, 5) is 7.61. The number of para-hydroxylation sites is 3. The largest absolute Gasteiger partial charge is 0.311 e. The minimum atomic E-state index is 0.118. The molecule has 0 atom stereocenters. The number of aryl methyl sites for hydroxylation is 4. The van der Waals surface area contributed by atoms with Crippen LogP contribution in [0.1, 0.15) is 22.3 Å². The van der Waals surface area contributed by atoms with E-state index in [4.69, 9.17) is 0 Å². The summed E-state index contributed by atoms with van der Waals surface area (Å²) in [5, 5.41) is 1.31. The van der Waals surface area contributed by atoms with E-state index >= 15 is 0 Å². The Morgan fingerprint density at radius 2 is 1.08 bits per heavy atom. The Balaban J connectivity index is 1.23. The van der Waals surface area contributed by atoms with Crippen molar-refractivity contribution in [1.29, 1.82) is 0 Å². The van der Waals surface area contributed by atoms with Crippen molar-refractivity contribution in [2.75, 3.05) is 14.7 Å². The van der Waals surface area contributed by atoms with Crippen LogP contribution < -0.4 is 30.4 Å². The van der Waals surface area contributed by atoms with Crippen molar-refractivity contribution in [2.24, 2.45) is 0 Å². The average Bonchev–Trinajstić information content (AvgIpc) is 3.57. The molecule has 53 heavy (non-hydrogen) atoms. The van der Waals surface area contributed by atoms with E-state index in [2.05, 4.69) is 172 Å². The first-order chi connectivity index (χ1) is 26.3. The van der Waals surface area contributed by atoms with Crippen molar-refractivity contribution in [2.45, 2.75) is 25.7 Å². The molecule has 250 valence electrons. The maximum Gasteiger partial charge on any atom is 0.264 e. The number of hydrogen-bond acceptors (Lipinski definition) is 4. The highest BCUT2D eigenvalue weighted by molar-refractivity contribution is 7.33. The minimum Gasteiger partial charge on any atom is -0.311 e. The van der Waals surface area contributed by atoms with Gasteiger partial charge in [0.1, 0.15) is 0 Å². The molecule has 2 aliphatic heterocycles. The van der Waals surface area contributed by atoms with Crippen LogP contribution in [0.4, 0.5) is 51.2 Å². The number of benzene rings is 7. The van der Waals surface area contributed by atoms with E-state index in [9.17, 15) is 0 Å². The van der Waals surface area contributed by atoms with Crippen LogP contribution in [0.5, 0.6) is 0 Å². The summed E-state index contributed by atoms with van der Waals surface area (Å²) >= 11 is 1.97. The second-order valence-corrected chi connectivity index (χ2v) is 15.9. The van der Waals surface area contributed by atoms with Crippen molar-refractivity contribution >= 4 is 95.0 Å². The van der Waals surface area contributed by atoms with Gasteiger partial charge in [-0.05, 0) is 132 Å². The van der Waals surface area contributed by atoms with E-state index in [0.29, 0.717) is 0 Å². The lowest BCUT2D eigenvalue weighted by Crippen LogP contribution is -2.60. The Morgan fingerprint density at radius 1 is 0.472 bits per heavy atom. The number of anilines is 9. The summed E-state index contributed by atoms with van der Waals surface area (Å²) in [7, 11) is 0. The van der Waals surface area contributed by atoms with Crippen LogP contribution in [-0.4, -0.2) is 6.71 Å². The predicted octanol–water partition coefficient (Wildman–Crippen LogP) is 10.7. The average molecular weight is 696 g/mol. The van der Waals surface area contributed by atoms with Crippen LogP contribution in [0.2, 0.25) is 0 Å². The maximum atomic E-state index is 2.61. The second kappa shape index (κ2) is 11.2. The molecular formula is C48H34BN3S. The van der Waals surface area contributed by atoms with Crippen LogP contribution in [0.25, 0.3) is 10.1 Å². The van der Waals surface area contributed by atoms with E-state index in [1.54, 1.807) is 0 Å². The van der Waals surface area contributed by atoms with Gasteiger partial charge in [0.2, 0.25) is 0 Å². The first-order valence-corrected chi connectivity index (χ1v) is 19.6. The summed E-state index contributed by atoms with van der Waals surface area (Å²) in [5.74, 6) is 0. The second-order valence-electron chi connectivity index (χ2n) is 14.8. The number of rotatable bonds is 5. The molecular weight excluding hydrogens is 661 g/mol. The van der Waals surface area contributed by atoms with Crippen molar-refractivity contribution in [3.63, 3.8) is 0 Å². The molecule has 8 aromatic rings. The van der Waals surface area contributed by atoms with Gasteiger partial charge in [-0.2, -0.15) is 0 Å². The molecule has 0 bridgehead atoms. The van der Waals surface area contributed by atoms with Crippen LogP contribution in [0.15, 0.2) is 158 Å². The lowest BCUT2D eigenvalue weighted by atomic mass is 9.36. The fraction of sp³-hybridized carbons (Fsp3) is 0.0833. The van der Waals surface area contributed by atoms with Gasteiger partial charge < -0.3 is 14.7 Å². The van der Waals surface area contributed by atoms with Gasteiger partial charge in [-0.3, -0.25) is 0 Å². The van der Waals surface area contributed by atoms with E-state index in [0.717, 1.165) is 36.3 Å². The molecule has 0 radical (unpaired) electrons. The van der Waals surface area contributed by atoms with Gasteiger partial charge in [0.15, 0.2) is 0 Å². The standard InChI is InChI=1S/C48H34BN3S/c1-4-12-35(13-5-1)50(36-14-6-2-7-15-36)39-29-43-46-44(30-39)52(37-16-8-3-9-17-37)47-40-18-10-11-19-45(40)53-48(47)49(46)41-27-33-22-23-34(33)28-42(41)51(43)38-25-24-31-20-21-32(31)26-38/h1-19,24-30H,20-23H2. The number of hydrogen-bond donors (Lipinski definition) is 0. The predicted molar refractivity (Wildman–Crippen MR) is 225 cm³/mol. The summed E-state index contributed by atoms with van der Waals surface area (Å²) in [6.45, 7) is 0.118. The monoisotopic (exact) mass is 695 g/mol. The Bertz CT molecular complexity index is 2720. The molecule has 4 aliphatic rings. The van der Waals surface area contributed by atoms with Crippen molar-refractivity contribution < 1.29 is 0 Å². The van der Waals surface area contributed by atoms with Gasteiger partial charge >= 0.3 is 0 Å². The van der Waals surface area contributed by atoms with Crippen molar-refractivity contribution in [3.8, 4) is 0 Å². The summed E-state index contributed by atoms with van der Waals surface area (Å²) < 4.78 is 2.76. The first-order valence-electron chi connectivity index (χ1n) is 18.8. The lowest BCUT2D eigenvalue weighted by Gasteiger charge is -2.45. The third-order valence-electron chi connectivity index (χ3n) is 12.0. The fourth-order valence-electron chi connectivity index (χ4n) is 9.28. The Kier molecular flexibility index (Phi) is 6.26. The van der Waals surface area contributed by atoms with Crippen LogP contribution >= 0.6 is 11.3 Å². The van der Waals surface area contributed by atoms with Crippen LogP contribution in [-0.2, 0) is 25.7 Å². The fourth-order valence-corrected chi connectivity index (χ4v) is 10.6. The molecule has 2 aliphatic carbocycles. The summed E-state index contributed by atoms with van der Waals surface area (Å²) in [5.41, 5.74) is 19.7. The zero-order valence-electron chi connectivity index (χ0n) is 29.2. The smallest absolute Gasteiger partial charge is 0.264 e. The number of fused-ring (bicyclic) bond motifs is 8. The molecule has 7 aromatic carbocycles. The van der Waals surface area contributed by atoms with E-state index < -0.39 is 0 Å². The van der Waals surface area contributed by atoms with Crippen molar-refractivity contribution in [3.05, 3.63) is 180 Å². The third-order valence-corrected chi connectivity index (χ3v) is 13.2. The molecule has 0 saturated carbocycles. The molecule has 12 rings (SSSR count). The van der Waals surface area contributed by atoms with Crippen LogP contribution in [0, 0.1) is 0 Å². The highest BCUT2D eigenvalue weighted by atomic mass is 32.1.